The van der Waals surface area contributed by atoms with Crippen LogP contribution in [0.5, 0.6) is 0 Å². The molecule has 8 heteroatoms. The lowest BCUT2D eigenvalue weighted by Crippen LogP contribution is -2.45. The molecule has 1 amide bonds. The summed E-state index contributed by atoms with van der Waals surface area (Å²) in [5, 5.41) is 2.95. The maximum atomic E-state index is 13.5. The molecule has 5 rings (SSSR count). The highest BCUT2D eigenvalue weighted by Gasteiger charge is 2.41. The van der Waals surface area contributed by atoms with Gasteiger partial charge in [0.15, 0.2) is 0 Å². The topological polar surface area (TPSA) is 79.6 Å². The predicted octanol–water partition coefficient (Wildman–Crippen LogP) is 4.71. The van der Waals surface area contributed by atoms with Gasteiger partial charge in [-0.3, -0.25) is 4.79 Å². The zero-order chi connectivity index (χ0) is 23.7. The van der Waals surface area contributed by atoms with E-state index >= 15 is 0 Å². The number of nitrogens with zero attached hydrogens (tertiary/aromatic N) is 1. The van der Waals surface area contributed by atoms with Crippen LogP contribution < -0.4 is 5.32 Å². The van der Waals surface area contributed by atoms with Crippen molar-refractivity contribution in [1.82, 2.24) is 9.62 Å². The van der Waals surface area contributed by atoms with Crippen molar-refractivity contribution in [3.05, 3.63) is 90.2 Å². The summed E-state index contributed by atoms with van der Waals surface area (Å²) in [6, 6.07) is 22.1. The average Bonchev–Trinajstić information content (AvgIpc) is 3.51. The number of hydrogen-bond acceptors (Lipinski definition) is 4. The van der Waals surface area contributed by atoms with E-state index in [0.29, 0.717) is 18.2 Å². The van der Waals surface area contributed by atoms with Crippen LogP contribution in [0.2, 0.25) is 0 Å². The second kappa shape index (κ2) is 9.04. The molecule has 3 aromatic carbocycles. The molecule has 1 fully saturated rings. The predicted molar refractivity (Wildman–Crippen MR) is 127 cm³/mol. The fraction of sp³-hybridized carbons (Fsp3) is 0.192. The molecule has 4 aromatic rings. The third kappa shape index (κ3) is 4.34. The van der Waals surface area contributed by atoms with Crippen LogP contribution in [-0.2, 0) is 21.4 Å². The van der Waals surface area contributed by atoms with Crippen molar-refractivity contribution in [2.24, 2.45) is 0 Å². The van der Waals surface area contributed by atoms with Crippen molar-refractivity contribution in [3.8, 4) is 11.1 Å². The molecule has 1 aliphatic rings. The molecule has 1 saturated heterocycles. The number of halogens is 1. The smallest absolute Gasteiger partial charge is 0.277 e. The highest BCUT2D eigenvalue weighted by atomic mass is 32.2. The number of fused-ring (bicyclic) bond motifs is 1. The zero-order valence-corrected chi connectivity index (χ0v) is 19.1. The van der Waals surface area contributed by atoms with Crippen LogP contribution in [-0.4, -0.2) is 31.2 Å². The highest BCUT2D eigenvalue weighted by Crippen LogP contribution is 2.30. The zero-order valence-electron chi connectivity index (χ0n) is 18.3. The van der Waals surface area contributed by atoms with Crippen LogP contribution >= 0.6 is 0 Å². The summed E-state index contributed by atoms with van der Waals surface area (Å²) in [4.78, 5) is 13.0. The summed E-state index contributed by atoms with van der Waals surface area (Å²) in [5.41, 5.74) is 3.31. The van der Waals surface area contributed by atoms with Gasteiger partial charge >= 0.3 is 0 Å². The van der Waals surface area contributed by atoms with Crippen LogP contribution in [0.4, 0.5) is 4.39 Å². The molecule has 0 saturated carbocycles. The minimum Gasteiger partial charge on any atom is -0.443 e. The first kappa shape index (κ1) is 22.3. The van der Waals surface area contributed by atoms with Crippen molar-refractivity contribution in [1.29, 1.82) is 0 Å². The number of sulfonamides is 1. The van der Waals surface area contributed by atoms with Gasteiger partial charge in [-0.2, -0.15) is 4.31 Å². The van der Waals surface area contributed by atoms with Gasteiger partial charge in [0.05, 0.1) is 0 Å². The van der Waals surface area contributed by atoms with E-state index in [1.54, 1.807) is 0 Å². The van der Waals surface area contributed by atoms with Crippen molar-refractivity contribution in [3.63, 3.8) is 0 Å². The van der Waals surface area contributed by atoms with Gasteiger partial charge in [-0.05, 0) is 53.8 Å². The molecule has 0 unspecified atom stereocenters. The second-order valence-electron chi connectivity index (χ2n) is 8.31. The number of hydrogen-bond donors (Lipinski definition) is 1. The Morgan fingerprint density at radius 1 is 1.00 bits per heavy atom. The first-order valence-electron chi connectivity index (χ1n) is 11.0. The molecule has 0 radical (unpaired) electrons. The number of amides is 1. The molecule has 34 heavy (non-hydrogen) atoms. The molecule has 1 aromatic heterocycles. The summed E-state index contributed by atoms with van der Waals surface area (Å²) in [5.74, 6) is -0.833. The molecule has 1 aliphatic heterocycles. The lowest BCUT2D eigenvalue weighted by atomic mass is 10.0. The summed E-state index contributed by atoms with van der Waals surface area (Å²) in [6.07, 6.45) is 0.986. The van der Waals surface area contributed by atoms with Gasteiger partial charge in [0.2, 0.25) is 11.0 Å². The van der Waals surface area contributed by atoms with E-state index in [0.717, 1.165) is 16.7 Å². The van der Waals surface area contributed by atoms with E-state index in [-0.39, 0.29) is 29.7 Å². The van der Waals surface area contributed by atoms with Gasteiger partial charge in [0, 0.05) is 24.5 Å². The van der Waals surface area contributed by atoms with Crippen molar-refractivity contribution < 1.29 is 22.0 Å². The lowest BCUT2D eigenvalue weighted by molar-refractivity contribution is -0.124. The van der Waals surface area contributed by atoms with E-state index in [1.807, 2.05) is 54.6 Å². The van der Waals surface area contributed by atoms with Gasteiger partial charge in [-0.25, -0.2) is 12.8 Å². The Morgan fingerprint density at radius 3 is 2.62 bits per heavy atom. The second-order valence-corrected chi connectivity index (χ2v) is 10.1. The fourth-order valence-corrected chi connectivity index (χ4v) is 5.93. The number of carbonyl (C=O) groups excluding carboxylic acids is 1. The molecular weight excluding hydrogens is 455 g/mol. The van der Waals surface area contributed by atoms with E-state index < -0.39 is 21.9 Å². The molecule has 1 atom stereocenters. The van der Waals surface area contributed by atoms with Gasteiger partial charge in [-0.15, -0.1) is 0 Å². The van der Waals surface area contributed by atoms with Gasteiger partial charge < -0.3 is 9.73 Å². The van der Waals surface area contributed by atoms with Gasteiger partial charge in [0.25, 0.3) is 10.0 Å². The summed E-state index contributed by atoms with van der Waals surface area (Å²) < 4.78 is 46.6. The van der Waals surface area contributed by atoms with Crippen molar-refractivity contribution in [2.45, 2.75) is 30.5 Å². The Bertz CT molecular complexity index is 1450. The molecule has 0 aliphatic carbocycles. The maximum absolute atomic E-state index is 13.5. The monoisotopic (exact) mass is 478 g/mol. The van der Waals surface area contributed by atoms with Crippen LogP contribution in [0.1, 0.15) is 18.4 Å². The Hall–Kier alpha value is -3.49. The average molecular weight is 479 g/mol. The number of furan rings is 1. The van der Waals surface area contributed by atoms with E-state index in [1.165, 1.54) is 28.6 Å². The van der Waals surface area contributed by atoms with Gasteiger partial charge in [-0.1, -0.05) is 48.5 Å². The number of nitrogens with one attached hydrogen (secondary N) is 1. The summed E-state index contributed by atoms with van der Waals surface area (Å²) >= 11 is 0. The van der Waals surface area contributed by atoms with Crippen LogP contribution in [0, 0.1) is 5.82 Å². The Kier molecular flexibility index (Phi) is 5.93. The van der Waals surface area contributed by atoms with E-state index in [4.69, 9.17) is 4.42 Å². The first-order chi connectivity index (χ1) is 16.4. The largest absolute Gasteiger partial charge is 0.443 e. The number of carbonyl (C=O) groups is 1. The van der Waals surface area contributed by atoms with Crippen LogP contribution in [0.3, 0.4) is 0 Å². The van der Waals surface area contributed by atoms with Crippen molar-refractivity contribution >= 4 is 26.9 Å². The van der Waals surface area contributed by atoms with Crippen molar-refractivity contribution in [2.75, 3.05) is 6.54 Å². The maximum Gasteiger partial charge on any atom is 0.277 e. The molecule has 6 nitrogen and oxygen atoms in total. The molecule has 2 heterocycles. The lowest BCUT2D eigenvalue weighted by Gasteiger charge is -2.22. The third-order valence-corrected chi connectivity index (χ3v) is 7.79. The molecule has 0 spiro atoms. The Morgan fingerprint density at radius 2 is 1.79 bits per heavy atom. The molecular formula is C26H23FN2O4S. The molecule has 1 N–H and O–H groups in total. The Balaban J connectivity index is 1.31. The molecule has 0 bridgehead atoms. The summed E-state index contributed by atoms with van der Waals surface area (Å²) in [6.45, 7) is 0.503. The van der Waals surface area contributed by atoms with Crippen LogP contribution in [0.25, 0.3) is 22.1 Å². The molecule has 174 valence electrons. The SMILES string of the molecule is O=C(NCc1cccc(-c2ccccc2)c1)[C@@H]1CCCN1S(=O)(=O)c1cc2cc(F)ccc2o1. The minimum absolute atomic E-state index is 0.218. The van der Waals surface area contributed by atoms with Gasteiger partial charge in [0.1, 0.15) is 17.4 Å². The normalized spacial score (nSPS) is 16.7. The highest BCUT2D eigenvalue weighted by molar-refractivity contribution is 7.89. The van der Waals surface area contributed by atoms with E-state index in [9.17, 15) is 17.6 Å². The number of rotatable bonds is 6. The quantitative estimate of drug-likeness (QED) is 0.435. The van der Waals surface area contributed by atoms with Crippen LogP contribution in [0.15, 0.2) is 88.4 Å². The summed E-state index contributed by atoms with van der Waals surface area (Å²) in [7, 11) is -4.05. The minimum atomic E-state index is -4.05. The third-order valence-electron chi connectivity index (χ3n) is 6.03. The standard InChI is InChI=1S/C26H23FN2O4S/c27-22-11-12-24-21(15-22)16-25(33-24)34(31,32)29-13-5-10-23(29)26(30)28-17-18-6-4-9-20(14-18)19-7-2-1-3-8-19/h1-4,6-9,11-12,14-16,23H,5,10,13,17H2,(H,28,30)/t23-/m0/s1. The fourth-order valence-electron chi connectivity index (χ4n) is 4.32. The Labute approximate surface area is 197 Å². The first-order valence-corrected chi connectivity index (χ1v) is 12.5. The number of benzene rings is 3. The van der Waals surface area contributed by atoms with E-state index in [2.05, 4.69) is 5.32 Å².